The third-order valence-electron chi connectivity index (χ3n) is 4.80. The lowest BCUT2D eigenvalue weighted by Crippen LogP contribution is -2.11. The summed E-state index contributed by atoms with van der Waals surface area (Å²) < 4.78 is 0. The Hall–Kier alpha value is -3.31. The number of benzene rings is 3. The number of para-hydroxylation sites is 1. The van der Waals surface area contributed by atoms with Crippen molar-refractivity contribution in [3.05, 3.63) is 113 Å². The minimum absolute atomic E-state index is 0.104. The fraction of sp³-hybridized carbons (Fsp3) is 0.120. The van der Waals surface area contributed by atoms with Crippen LogP contribution >= 0.6 is 11.8 Å². The number of nitrogens with one attached hydrogen (secondary N) is 2. The number of anilines is 1. The minimum Gasteiger partial charge on any atom is -0.337 e. The van der Waals surface area contributed by atoms with Gasteiger partial charge in [-0.3, -0.25) is 4.79 Å². The monoisotopic (exact) mass is 413 g/mol. The SMILES string of the molecule is Cc1[nH]c(SCc2ccc(C(=O)Nc3ccccc3)cc2)nc1Cc1ccccc1. The standard InChI is InChI=1S/C25H23N3OS/c1-18-23(16-19-8-4-2-5-9-19)28-25(26-18)30-17-20-12-14-21(15-13-20)24(29)27-22-10-6-3-7-11-22/h2-15H,16-17H2,1H3,(H,26,28)(H,27,29). The van der Waals surface area contributed by atoms with Crippen LogP contribution in [0.3, 0.4) is 0 Å². The summed E-state index contributed by atoms with van der Waals surface area (Å²) in [6, 6.07) is 27.6. The molecule has 4 aromatic rings. The predicted molar refractivity (Wildman–Crippen MR) is 123 cm³/mol. The molecule has 1 amide bonds. The van der Waals surface area contributed by atoms with Gasteiger partial charge in [0.05, 0.1) is 5.69 Å². The first-order valence-corrected chi connectivity index (χ1v) is 10.8. The van der Waals surface area contributed by atoms with E-state index in [-0.39, 0.29) is 5.91 Å². The molecule has 4 nitrogen and oxygen atoms in total. The van der Waals surface area contributed by atoms with E-state index in [0.29, 0.717) is 5.56 Å². The number of aryl methyl sites for hydroxylation is 1. The van der Waals surface area contributed by atoms with Gasteiger partial charge in [0, 0.05) is 29.1 Å². The molecule has 1 heterocycles. The van der Waals surface area contributed by atoms with Gasteiger partial charge in [-0.2, -0.15) is 0 Å². The van der Waals surface area contributed by atoms with E-state index in [1.165, 1.54) is 5.56 Å². The van der Waals surface area contributed by atoms with Gasteiger partial charge in [-0.15, -0.1) is 0 Å². The molecular weight excluding hydrogens is 390 g/mol. The van der Waals surface area contributed by atoms with E-state index >= 15 is 0 Å². The molecule has 0 spiro atoms. The number of amides is 1. The molecule has 2 N–H and O–H groups in total. The smallest absolute Gasteiger partial charge is 0.255 e. The second-order valence-electron chi connectivity index (χ2n) is 7.08. The number of carbonyl (C=O) groups is 1. The third kappa shape index (κ3) is 5.19. The van der Waals surface area contributed by atoms with Crippen LogP contribution in [0.4, 0.5) is 5.69 Å². The molecule has 1 aromatic heterocycles. The lowest BCUT2D eigenvalue weighted by atomic mass is 10.1. The van der Waals surface area contributed by atoms with Gasteiger partial charge in [0.15, 0.2) is 5.16 Å². The summed E-state index contributed by atoms with van der Waals surface area (Å²) in [5.41, 5.74) is 6.03. The number of nitrogens with zero attached hydrogens (tertiary/aromatic N) is 1. The van der Waals surface area contributed by atoms with E-state index in [1.54, 1.807) is 11.8 Å². The number of H-pyrrole nitrogens is 1. The topological polar surface area (TPSA) is 57.8 Å². The molecule has 5 heteroatoms. The normalized spacial score (nSPS) is 10.7. The van der Waals surface area contributed by atoms with Crippen LogP contribution in [0, 0.1) is 6.92 Å². The summed E-state index contributed by atoms with van der Waals surface area (Å²) in [6.07, 6.45) is 0.828. The molecule has 0 saturated heterocycles. The van der Waals surface area contributed by atoms with E-state index in [1.807, 2.05) is 60.7 Å². The van der Waals surface area contributed by atoms with Crippen LogP contribution in [0.15, 0.2) is 90.1 Å². The molecule has 0 aliphatic rings. The van der Waals surface area contributed by atoms with E-state index in [4.69, 9.17) is 4.98 Å². The number of aromatic amines is 1. The maximum Gasteiger partial charge on any atom is 0.255 e. The van der Waals surface area contributed by atoms with Gasteiger partial charge in [-0.1, -0.05) is 72.4 Å². The predicted octanol–water partition coefficient (Wildman–Crippen LogP) is 5.85. The molecule has 0 radical (unpaired) electrons. The summed E-state index contributed by atoms with van der Waals surface area (Å²) in [5, 5.41) is 3.83. The van der Waals surface area contributed by atoms with Crippen molar-refractivity contribution in [1.82, 2.24) is 9.97 Å². The number of thioether (sulfide) groups is 1. The van der Waals surface area contributed by atoms with Gasteiger partial charge in [0.2, 0.25) is 0 Å². The quantitative estimate of drug-likeness (QED) is 0.374. The van der Waals surface area contributed by atoms with Crippen molar-refractivity contribution in [3.8, 4) is 0 Å². The maximum absolute atomic E-state index is 12.4. The van der Waals surface area contributed by atoms with Crippen molar-refractivity contribution in [1.29, 1.82) is 0 Å². The van der Waals surface area contributed by atoms with Crippen molar-refractivity contribution < 1.29 is 4.79 Å². The third-order valence-corrected chi connectivity index (χ3v) is 5.75. The van der Waals surface area contributed by atoms with E-state index in [9.17, 15) is 4.79 Å². The largest absolute Gasteiger partial charge is 0.337 e. The highest BCUT2D eigenvalue weighted by atomic mass is 32.2. The minimum atomic E-state index is -0.104. The van der Waals surface area contributed by atoms with Crippen LogP contribution in [0.5, 0.6) is 0 Å². The van der Waals surface area contributed by atoms with Crippen LogP contribution in [0.2, 0.25) is 0 Å². The Balaban J connectivity index is 1.34. The Labute approximate surface area is 180 Å². The Morgan fingerprint density at radius 3 is 2.27 bits per heavy atom. The van der Waals surface area contributed by atoms with Gasteiger partial charge in [0.1, 0.15) is 0 Å². The van der Waals surface area contributed by atoms with Crippen LogP contribution < -0.4 is 5.32 Å². The zero-order chi connectivity index (χ0) is 20.8. The fourth-order valence-electron chi connectivity index (χ4n) is 3.13. The molecule has 0 saturated carbocycles. The summed E-state index contributed by atoms with van der Waals surface area (Å²) >= 11 is 1.67. The highest BCUT2D eigenvalue weighted by molar-refractivity contribution is 7.98. The lowest BCUT2D eigenvalue weighted by molar-refractivity contribution is 0.102. The number of hydrogen-bond donors (Lipinski definition) is 2. The highest BCUT2D eigenvalue weighted by Gasteiger charge is 2.09. The van der Waals surface area contributed by atoms with Crippen molar-refractivity contribution in [3.63, 3.8) is 0 Å². The van der Waals surface area contributed by atoms with Crippen LogP contribution in [-0.2, 0) is 12.2 Å². The van der Waals surface area contributed by atoms with Gasteiger partial charge < -0.3 is 10.3 Å². The lowest BCUT2D eigenvalue weighted by Gasteiger charge is -2.06. The Morgan fingerprint density at radius 2 is 1.57 bits per heavy atom. The first-order valence-electron chi connectivity index (χ1n) is 9.85. The maximum atomic E-state index is 12.4. The molecule has 0 aliphatic heterocycles. The molecule has 4 rings (SSSR count). The fourth-order valence-corrected chi connectivity index (χ4v) is 4.02. The average Bonchev–Trinajstić information content (AvgIpc) is 3.13. The second-order valence-corrected chi connectivity index (χ2v) is 8.05. The summed E-state index contributed by atoms with van der Waals surface area (Å²) in [4.78, 5) is 20.5. The zero-order valence-electron chi connectivity index (χ0n) is 16.8. The van der Waals surface area contributed by atoms with Crippen molar-refractivity contribution in [2.24, 2.45) is 0 Å². The second kappa shape index (κ2) is 9.46. The van der Waals surface area contributed by atoms with E-state index in [0.717, 1.165) is 40.0 Å². The van der Waals surface area contributed by atoms with Crippen molar-refractivity contribution in [2.75, 3.05) is 5.32 Å². The molecule has 0 fully saturated rings. The molecule has 0 atom stereocenters. The van der Waals surface area contributed by atoms with Gasteiger partial charge >= 0.3 is 0 Å². The van der Waals surface area contributed by atoms with E-state index < -0.39 is 0 Å². The Morgan fingerprint density at radius 1 is 0.900 bits per heavy atom. The first kappa shape index (κ1) is 20.0. The molecule has 0 aliphatic carbocycles. The number of aromatic nitrogens is 2. The number of imidazole rings is 1. The van der Waals surface area contributed by atoms with Crippen LogP contribution in [-0.4, -0.2) is 15.9 Å². The van der Waals surface area contributed by atoms with E-state index in [2.05, 4.69) is 41.5 Å². The number of carbonyl (C=O) groups excluding carboxylic acids is 1. The summed E-state index contributed by atoms with van der Waals surface area (Å²) in [7, 11) is 0. The molecule has 0 unspecified atom stereocenters. The molecule has 0 bridgehead atoms. The number of rotatable bonds is 7. The molecule has 30 heavy (non-hydrogen) atoms. The van der Waals surface area contributed by atoms with Gasteiger partial charge in [-0.05, 0) is 42.3 Å². The average molecular weight is 414 g/mol. The molecular formula is C25H23N3OS. The Kier molecular flexibility index (Phi) is 6.30. The first-order chi connectivity index (χ1) is 14.7. The van der Waals surface area contributed by atoms with Gasteiger partial charge in [0.25, 0.3) is 5.91 Å². The summed E-state index contributed by atoms with van der Waals surface area (Å²) in [6.45, 7) is 2.06. The van der Waals surface area contributed by atoms with Crippen molar-refractivity contribution in [2.45, 2.75) is 24.3 Å². The van der Waals surface area contributed by atoms with Crippen LogP contribution in [0.1, 0.15) is 32.9 Å². The molecule has 3 aromatic carbocycles. The van der Waals surface area contributed by atoms with Crippen molar-refractivity contribution >= 4 is 23.4 Å². The Bertz CT molecular complexity index is 1110. The summed E-state index contributed by atoms with van der Waals surface area (Å²) in [5.74, 6) is 0.686. The highest BCUT2D eigenvalue weighted by Crippen LogP contribution is 2.23. The van der Waals surface area contributed by atoms with Gasteiger partial charge in [-0.25, -0.2) is 4.98 Å². The molecule has 150 valence electrons. The zero-order valence-corrected chi connectivity index (χ0v) is 17.6. The van der Waals surface area contributed by atoms with Crippen LogP contribution in [0.25, 0.3) is 0 Å². The number of hydrogen-bond acceptors (Lipinski definition) is 3.